The van der Waals surface area contributed by atoms with Crippen LogP contribution in [0, 0.1) is 0 Å². The molecule has 3 rings (SSSR count). The van der Waals surface area contributed by atoms with Crippen LogP contribution in [0.2, 0.25) is 0 Å². The molecule has 3 N–H and O–H groups in total. The number of hydrogen-bond donors (Lipinski definition) is 3. The largest absolute Gasteiger partial charge is 0.384 e. The van der Waals surface area contributed by atoms with Gasteiger partial charge in [-0.2, -0.15) is 0 Å². The predicted molar refractivity (Wildman–Crippen MR) is 86.8 cm³/mol. The monoisotopic (exact) mass is 309 g/mol. The van der Waals surface area contributed by atoms with Gasteiger partial charge in [0.05, 0.1) is 9.88 Å². The highest BCUT2D eigenvalue weighted by molar-refractivity contribution is 7.11. The third kappa shape index (κ3) is 3.47. The fourth-order valence-electron chi connectivity index (χ4n) is 3.41. The molecule has 0 bridgehead atoms. The number of hydrogen-bond acceptors (Lipinski definition) is 5. The zero-order chi connectivity index (χ0) is 14.9. The van der Waals surface area contributed by atoms with Crippen molar-refractivity contribution in [2.75, 3.05) is 13.1 Å². The molecule has 0 unspecified atom stereocenters. The summed E-state index contributed by atoms with van der Waals surface area (Å²) in [6.07, 6.45) is 6.95. The van der Waals surface area contributed by atoms with Gasteiger partial charge in [-0.3, -0.25) is 0 Å². The second kappa shape index (κ2) is 6.32. The van der Waals surface area contributed by atoms with E-state index in [1.54, 1.807) is 11.3 Å². The predicted octanol–water partition coefficient (Wildman–Crippen LogP) is 2.35. The van der Waals surface area contributed by atoms with E-state index in [1.165, 1.54) is 6.42 Å². The maximum atomic E-state index is 10.9. The third-order valence-corrected chi connectivity index (χ3v) is 6.31. The number of nitrogens with zero attached hydrogens (tertiary/aromatic N) is 1. The first-order valence-electron chi connectivity index (χ1n) is 8.22. The summed E-state index contributed by atoms with van der Waals surface area (Å²) in [7, 11) is 0. The van der Waals surface area contributed by atoms with Gasteiger partial charge in [0.1, 0.15) is 5.60 Å². The van der Waals surface area contributed by atoms with Crippen LogP contribution in [0.25, 0.3) is 0 Å². The van der Waals surface area contributed by atoms with E-state index < -0.39 is 5.60 Å². The Morgan fingerprint density at radius 1 is 1.33 bits per heavy atom. The Hall–Kier alpha value is -0.490. The van der Waals surface area contributed by atoms with Crippen LogP contribution in [0.3, 0.4) is 0 Å². The Balaban J connectivity index is 1.57. The first-order valence-corrected chi connectivity index (χ1v) is 9.04. The lowest BCUT2D eigenvalue weighted by molar-refractivity contribution is -0.00605. The molecule has 0 spiro atoms. The molecule has 1 aliphatic heterocycles. The molecular formula is C16H27N3OS. The minimum absolute atomic E-state index is 0.445. The van der Waals surface area contributed by atoms with Crippen molar-refractivity contribution >= 4 is 11.3 Å². The maximum Gasteiger partial charge on any atom is 0.100 e. The summed E-state index contributed by atoms with van der Waals surface area (Å²) in [5, 5.41) is 19.2. The highest BCUT2D eigenvalue weighted by Gasteiger charge is 2.37. The van der Waals surface area contributed by atoms with Gasteiger partial charge in [-0.05, 0) is 38.6 Å². The molecule has 2 fully saturated rings. The second-order valence-electron chi connectivity index (χ2n) is 6.88. The van der Waals surface area contributed by atoms with Crippen molar-refractivity contribution in [1.29, 1.82) is 0 Å². The average Bonchev–Trinajstić information content (AvgIpc) is 3.12. The van der Waals surface area contributed by atoms with E-state index in [1.807, 2.05) is 6.20 Å². The zero-order valence-electron chi connectivity index (χ0n) is 13.1. The summed E-state index contributed by atoms with van der Waals surface area (Å²) in [5.41, 5.74) is -0.642. The first-order chi connectivity index (χ1) is 10.1. The molecule has 1 aliphatic carbocycles. The molecule has 0 radical (unpaired) electrons. The quantitative estimate of drug-likeness (QED) is 0.799. The molecule has 5 heteroatoms. The Bertz CT molecular complexity index is 460. The van der Waals surface area contributed by atoms with E-state index in [4.69, 9.17) is 0 Å². The van der Waals surface area contributed by atoms with Gasteiger partial charge < -0.3 is 15.7 Å². The van der Waals surface area contributed by atoms with E-state index in [0.717, 1.165) is 48.7 Å². The van der Waals surface area contributed by atoms with Gasteiger partial charge >= 0.3 is 0 Å². The van der Waals surface area contributed by atoms with Crippen LogP contribution in [-0.4, -0.2) is 35.3 Å². The fraction of sp³-hybridized carbons (Fsp3) is 0.812. The summed E-state index contributed by atoms with van der Waals surface area (Å²) in [6.45, 7) is 6.53. The third-order valence-electron chi connectivity index (χ3n) is 4.82. The standard InChI is InChI=1S/C16H27N3OS/c1-11(2)15-18-10-14(21-15)16(20)6-3-12(4-7-16)19-13-5-8-17-9-13/h10-13,17,19-20H,3-9H2,1-2H3/t12?,13-,16?/m0/s1. The summed E-state index contributed by atoms with van der Waals surface area (Å²) in [5.74, 6) is 0.445. The van der Waals surface area contributed by atoms with Crippen molar-refractivity contribution in [3.05, 3.63) is 16.1 Å². The molecule has 1 atom stereocenters. The summed E-state index contributed by atoms with van der Waals surface area (Å²) < 4.78 is 0. The smallest absolute Gasteiger partial charge is 0.100 e. The molecule has 2 heterocycles. The van der Waals surface area contributed by atoms with Gasteiger partial charge in [0.25, 0.3) is 0 Å². The fourth-order valence-corrected chi connectivity index (χ4v) is 4.47. The van der Waals surface area contributed by atoms with Crippen LogP contribution in [0.1, 0.15) is 61.8 Å². The average molecular weight is 309 g/mol. The van der Waals surface area contributed by atoms with Crippen molar-refractivity contribution in [2.45, 2.75) is 69.6 Å². The van der Waals surface area contributed by atoms with Gasteiger partial charge in [0.2, 0.25) is 0 Å². The lowest BCUT2D eigenvalue weighted by atomic mass is 9.81. The van der Waals surface area contributed by atoms with Gasteiger partial charge in [-0.15, -0.1) is 11.3 Å². The van der Waals surface area contributed by atoms with Crippen molar-refractivity contribution in [3.63, 3.8) is 0 Å². The SMILES string of the molecule is CC(C)c1ncc(C2(O)CCC(N[C@H]3CCNC3)CC2)s1. The van der Waals surface area contributed by atoms with E-state index in [2.05, 4.69) is 29.5 Å². The highest BCUT2D eigenvalue weighted by Crippen LogP contribution is 2.40. The van der Waals surface area contributed by atoms with Crippen LogP contribution in [0.4, 0.5) is 0 Å². The summed E-state index contributed by atoms with van der Waals surface area (Å²) >= 11 is 1.69. The van der Waals surface area contributed by atoms with E-state index in [9.17, 15) is 5.11 Å². The lowest BCUT2D eigenvalue weighted by Crippen LogP contribution is -2.44. The molecule has 1 aromatic heterocycles. The number of aliphatic hydroxyl groups is 1. The number of thiazole rings is 1. The zero-order valence-corrected chi connectivity index (χ0v) is 13.9. The minimum Gasteiger partial charge on any atom is -0.384 e. The van der Waals surface area contributed by atoms with Gasteiger partial charge in [0, 0.05) is 30.7 Å². The van der Waals surface area contributed by atoms with Gasteiger partial charge in [-0.1, -0.05) is 13.8 Å². The molecule has 1 aromatic rings. The van der Waals surface area contributed by atoms with Crippen LogP contribution < -0.4 is 10.6 Å². The first kappa shape index (κ1) is 15.4. The minimum atomic E-state index is -0.642. The van der Waals surface area contributed by atoms with Crippen LogP contribution in [-0.2, 0) is 5.60 Å². The van der Waals surface area contributed by atoms with E-state index in [0.29, 0.717) is 18.0 Å². The highest BCUT2D eigenvalue weighted by atomic mass is 32.1. The topological polar surface area (TPSA) is 57.2 Å². The van der Waals surface area contributed by atoms with Crippen LogP contribution in [0.5, 0.6) is 0 Å². The maximum absolute atomic E-state index is 10.9. The second-order valence-corrected chi connectivity index (χ2v) is 7.94. The van der Waals surface area contributed by atoms with Gasteiger partial charge in [0.15, 0.2) is 0 Å². The van der Waals surface area contributed by atoms with E-state index in [-0.39, 0.29) is 0 Å². The van der Waals surface area contributed by atoms with Crippen LogP contribution >= 0.6 is 11.3 Å². The molecule has 1 saturated carbocycles. The molecule has 0 aromatic carbocycles. The molecular weight excluding hydrogens is 282 g/mol. The molecule has 21 heavy (non-hydrogen) atoms. The molecule has 1 saturated heterocycles. The Kier molecular flexibility index (Phi) is 4.64. The van der Waals surface area contributed by atoms with Crippen molar-refractivity contribution in [2.24, 2.45) is 0 Å². The molecule has 118 valence electrons. The number of rotatable bonds is 4. The summed E-state index contributed by atoms with van der Waals surface area (Å²) in [6, 6.07) is 1.19. The molecule has 2 aliphatic rings. The number of nitrogens with one attached hydrogen (secondary N) is 2. The Morgan fingerprint density at radius 3 is 2.67 bits per heavy atom. The van der Waals surface area contributed by atoms with Crippen molar-refractivity contribution in [3.8, 4) is 0 Å². The molecule has 4 nitrogen and oxygen atoms in total. The Morgan fingerprint density at radius 2 is 2.10 bits per heavy atom. The van der Waals surface area contributed by atoms with Crippen molar-refractivity contribution in [1.82, 2.24) is 15.6 Å². The molecule has 0 amide bonds. The van der Waals surface area contributed by atoms with Gasteiger partial charge in [-0.25, -0.2) is 4.98 Å². The normalized spacial score (nSPS) is 33.7. The van der Waals surface area contributed by atoms with E-state index >= 15 is 0 Å². The van der Waals surface area contributed by atoms with Crippen LogP contribution in [0.15, 0.2) is 6.20 Å². The lowest BCUT2D eigenvalue weighted by Gasteiger charge is -2.36. The number of aromatic nitrogens is 1. The van der Waals surface area contributed by atoms with Crippen molar-refractivity contribution < 1.29 is 5.11 Å². The Labute approximate surface area is 131 Å². The summed E-state index contributed by atoms with van der Waals surface area (Å²) in [4.78, 5) is 5.54.